The number of anilines is 1. The van der Waals surface area contributed by atoms with Gasteiger partial charge >= 0.3 is 5.97 Å². The molecule has 3 aromatic rings. The van der Waals surface area contributed by atoms with Crippen LogP contribution in [-0.2, 0) is 17.7 Å². The van der Waals surface area contributed by atoms with E-state index in [0.717, 1.165) is 15.8 Å². The highest BCUT2D eigenvalue weighted by Gasteiger charge is 2.24. The number of hydrogen-bond donors (Lipinski definition) is 2. The Morgan fingerprint density at radius 2 is 1.93 bits per heavy atom. The lowest BCUT2D eigenvalue weighted by Crippen LogP contribution is -2.11. The van der Waals surface area contributed by atoms with Gasteiger partial charge in [0, 0.05) is 22.2 Å². The molecule has 1 aromatic heterocycles. The van der Waals surface area contributed by atoms with Crippen molar-refractivity contribution in [1.82, 2.24) is 4.90 Å². The molecule has 8 heteroatoms. The van der Waals surface area contributed by atoms with E-state index in [4.69, 9.17) is 10.5 Å². The number of rotatable bonds is 5. The standard InChI is InChI=1S/C20H21FN2O3S.ClH/c1-23(2)10-14-15(24)9-12(8-11-4-6-13(21)7-5-11)16-17(20(25)26-3)19(22)27-18(14)16;/h4-7,9,24H,8,10,22H2,1-3H3;1H. The summed E-state index contributed by atoms with van der Waals surface area (Å²) in [6.45, 7) is 0.500. The van der Waals surface area contributed by atoms with E-state index in [1.807, 2.05) is 19.0 Å². The zero-order valence-electron chi connectivity index (χ0n) is 15.8. The maximum atomic E-state index is 13.2. The first-order valence-corrected chi connectivity index (χ1v) is 9.16. The quantitative estimate of drug-likeness (QED) is 0.600. The summed E-state index contributed by atoms with van der Waals surface area (Å²) >= 11 is 1.26. The predicted molar refractivity (Wildman–Crippen MR) is 113 cm³/mol. The zero-order chi connectivity index (χ0) is 19.7. The maximum Gasteiger partial charge on any atom is 0.341 e. The average Bonchev–Trinajstić information content (AvgIpc) is 2.96. The van der Waals surface area contributed by atoms with Gasteiger partial charge in [0.1, 0.15) is 22.1 Å². The minimum absolute atomic E-state index is 0. The molecule has 0 bridgehead atoms. The van der Waals surface area contributed by atoms with E-state index in [-0.39, 0.29) is 24.0 Å². The zero-order valence-corrected chi connectivity index (χ0v) is 17.4. The van der Waals surface area contributed by atoms with Gasteiger partial charge in [-0.05, 0) is 49.8 Å². The third kappa shape index (κ3) is 4.22. The van der Waals surface area contributed by atoms with Gasteiger partial charge in [-0.3, -0.25) is 0 Å². The van der Waals surface area contributed by atoms with Crippen LogP contribution in [0.25, 0.3) is 10.1 Å². The van der Waals surface area contributed by atoms with Gasteiger partial charge in [-0.15, -0.1) is 23.7 Å². The van der Waals surface area contributed by atoms with Gasteiger partial charge in [0.25, 0.3) is 0 Å². The van der Waals surface area contributed by atoms with E-state index in [0.29, 0.717) is 34.5 Å². The van der Waals surface area contributed by atoms with Crippen LogP contribution in [-0.4, -0.2) is 37.2 Å². The molecule has 0 aliphatic rings. The molecule has 0 amide bonds. The van der Waals surface area contributed by atoms with E-state index in [1.54, 1.807) is 18.2 Å². The number of nitrogens with two attached hydrogens (primary N) is 1. The number of halogens is 2. The van der Waals surface area contributed by atoms with Gasteiger partial charge in [-0.1, -0.05) is 12.1 Å². The van der Waals surface area contributed by atoms with Gasteiger partial charge in [-0.25, -0.2) is 9.18 Å². The Morgan fingerprint density at radius 3 is 2.50 bits per heavy atom. The second-order valence-electron chi connectivity index (χ2n) is 6.61. The molecule has 0 aliphatic heterocycles. The van der Waals surface area contributed by atoms with Crippen molar-refractivity contribution in [3.05, 3.63) is 58.4 Å². The Balaban J connectivity index is 0.00000280. The van der Waals surface area contributed by atoms with Crippen molar-refractivity contribution in [2.75, 3.05) is 26.9 Å². The number of carbonyl (C=O) groups is 1. The van der Waals surface area contributed by atoms with Crippen molar-refractivity contribution < 1.29 is 19.0 Å². The molecule has 3 N–H and O–H groups in total. The Bertz CT molecular complexity index is 1000. The molecule has 0 atom stereocenters. The predicted octanol–water partition coefficient (Wildman–Crippen LogP) is 4.19. The van der Waals surface area contributed by atoms with Crippen LogP contribution in [0.1, 0.15) is 27.0 Å². The smallest absolute Gasteiger partial charge is 0.341 e. The summed E-state index contributed by atoms with van der Waals surface area (Å²) in [5.41, 5.74) is 8.76. The molecule has 28 heavy (non-hydrogen) atoms. The number of phenolic OH excluding ortho intramolecular Hbond substituents is 1. The summed E-state index contributed by atoms with van der Waals surface area (Å²) in [5.74, 6) is -0.685. The SMILES string of the molecule is COC(=O)c1c(N)sc2c(CN(C)C)c(O)cc(Cc3ccc(F)cc3)c12.Cl. The number of aromatic hydroxyl groups is 1. The molecule has 0 fully saturated rings. The van der Waals surface area contributed by atoms with Gasteiger partial charge in [0.2, 0.25) is 0 Å². The number of benzene rings is 2. The Hall–Kier alpha value is -2.35. The van der Waals surface area contributed by atoms with Gasteiger partial charge in [0.15, 0.2) is 0 Å². The molecule has 0 aliphatic carbocycles. The number of phenols is 1. The number of methoxy groups -OCH3 is 1. The number of fused-ring (bicyclic) bond motifs is 1. The van der Waals surface area contributed by atoms with Crippen LogP contribution >= 0.6 is 23.7 Å². The van der Waals surface area contributed by atoms with Crippen molar-refractivity contribution in [3.63, 3.8) is 0 Å². The fourth-order valence-corrected chi connectivity index (χ4v) is 4.28. The number of nitrogen functional groups attached to an aromatic ring is 1. The molecule has 0 unspecified atom stereocenters. The Morgan fingerprint density at radius 1 is 1.29 bits per heavy atom. The summed E-state index contributed by atoms with van der Waals surface area (Å²) in [6.07, 6.45) is 0.423. The Labute approximate surface area is 172 Å². The molecule has 3 rings (SSSR count). The van der Waals surface area contributed by atoms with Gasteiger partial charge in [-0.2, -0.15) is 0 Å². The summed E-state index contributed by atoms with van der Waals surface area (Å²) < 4.78 is 18.9. The fourth-order valence-electron chi connectivity index (χ4n) is 3.14. The second-order valence-corrected chi connectivity index (χ2v) is 7.66. The molecule has 150 valence electrons. The van der Waals surface area contributed by atoms with Crippen molar-refractivity contribution in [2.24, 2.45) is 0 Å². The first kappa shape index (κ1) is 21.9. The summed E-state index contributed by atoms with van der Waals surface area (Å²) in [7, 11) is 5.11. The minimum atomic E-state index is -0.513. The maximum absolute atomic E-state index is 13.2. The fraction of sp³-hybridized carbons (Fsp3) is 0.250. The first-order chi connectivity index (χ1) is 12.8. The van der Waals surface area contributed by atoms with Crippen molar-refractivity contribution in [1.29, 1.82) is 0 Å². The van der Waals surface area contributed by atoms with Crippen LogP contribution in [0.5, 0.6) is 5.75 Å². The molecule has 0 spiro atoms. The van der Waals surface area contributed by atoms with Crippen LogP contribution < -0.4 is 5.73 Å². The first-order valence-electron chi connectivity index (χ1n) is 8.35. The largest absolute Gasteiger partial charge is 0.508 e. The topological polar surface area (TPSA) is 75.8 Å². The van der Waals surface area contributed by atoms with Gasteiger partial charge in [0.05, 0.1) is 7.11 Å². The monoisotopic (exact) mass is 424 g/mol. The van der Waals surface area contributed by atoms with Crippen LogP contribution in [0.3, 0.4) is 0 Å². The van der Waals surface area contributed by atoms with E-state index in [9.17, 15) is 14.3 Å². The highest BCUT2D eigenvalue weighted by molar-refractivity contribution is 7.23. The molecule has 0 saturated carbocycles. The number of hydrogen-bond acceptors (Lipinski definition) is 6. The van der Waals surface area contributed by atoms with Gasteiger partial charge < -0.3 is 20.5 Å². The van der Waals surface area contributed by atoms with Crippen LogP contribution in [0.2, 0.25) is 0 Å². The second kappa shape index (κ2) is 8.77. The van der Waals surface area contributed by atoms with Crippen molar-refractivity contribution in [3.8, 4) is 5.75 Å². The summed E-state index contributed by atoms with van der Waals surface area (Å²) in [4.78, 5) is 14.3. The molecule has 0 radical (unpaired) electrons. The van der Waals surface area contributed by atoms with E-state index in [2.05, 4.69) is 0 Å². The third-order valence-corrected chi connectivity index (χ3v) is 5.40. The minimum Gasteiger partial charge on any atom is -0.508 e. The molecule has 2 aromatic carbocycles. The third-order valence-electron chi connectivity index (χ3n) is 4.32. The molecule has 5 nitrogen and oxygen atoms in total. The van der Waals surface area contributed by atoms with E-state index < -0.39 is 5.97 Å². The lowest BCUT2D eigenvalue weighted by Gasteiger charge is -2.15. The van der Waals surface area contributed by atoms with Crippen LogP contribution in [0.4, 0.5) is 9.39 Å². The van der Waals surface area contributed by atoms with E-state index in [1.165, 1.54) is 30.6 Å². The summed E-state index contributed by atoms with van der Waals surface area (Å²) in [6, 6.07) is 7.79. The van der Waals surface area contributed by atoms with Crippen LogP contribution in [0.15, 0.2) is 30.3 Å². The number of nitrogens with zero attached hydrogens (tertiary/aromatic N) is 1. The lowest BCUT2D eigenvalue weighted by molar-refractivity contribution is 0.0604. The molecule has 0 saturated heterocycles. The number of esters is 1. The summed E-state index contributed by atoms with van der Waals surface area (Å²) in [5, 5.41) is 11.7. The number of thiophene rings is 1. The molecule has 1 heterocycles. The lowest BCUT2D eigenvalue weighted by atomic mass is 9.96. The number of carbonyl (C=O) groups excluding carboxylic acids is 1. The van der Waals surface area contributed by atoms with Crippen LogP contribution in [0, 0.1) is 5.82 Å². The Kier molecular flexibility index (Phi) is 6.87. The normalized spacial score (nSPS) is 10.9. The van der Waals surface area contributed by atoms with E-state index >= 15 is 0 Å². The average molecular weight is 425 g/mol. The number of ether oxygens (including phenoxy) is 1. The highest BCUT2D eigenvalue weighted by atomic mass is 35.5. The van der Waals surface area contributed by atoms with Crippen molar-refractivity contribution >= 4 is 44.8 Å². The van der Waals surface area contributed by atoms with Crippen molar-refractivity contribution in [2.45, 2.75) is 13.0 Å². The highest BCUT2D eigenvalue weighted by Crippen LogP contribution is 2.42. The molecular formula is C20H22ClFN2O3S. The molecular weight excluding hydrogens is 403 g/mol.